The maximum atomic E-state index is 11.6. The number of urea groups is 1. The van der Waals surface area contributed by atoms with Crippen LogP contribution in [-0.4, -0.2) is 30.9 Å². The SMILES string of the molecule is CCOc1ccc(Br)cc1NC(=O)NCCCO. The van der Waals surface area contributed by atoms with E-state index in [4.69, 9.17) is 9.84 Å². The first-order valence-corrected chi connectivity index (χ1v) is 6.54. The summed E-state index contributed by atoms with van der Waals surface area (Å²) in [4.78, 5) is 11.6. The van der Waals surface area contributed by atoms with Crippen LogP contribution in [0.1, 0.15) is 13.3 Å². The van der Waals surface area contributed by atoms with Crippen molar-refractivity contribution in [1.82, 2.24) is 5.32 Å². The van der Waals surface area contributed by atoms with Crippen LogP contribution in [0.25, 0.3) is 0 Å². The van der Waals surface area contributed by atoms with Gasteiger partial charge in [-0.15, -0.1) is 0 Å². The average molecular weight is 317 g/mol. The number of halogens is 1. The maximum Gasteiger partial charge on any atom is 0.319 e. The third-order valence-corrected chi connectivity index (χ3v) is 2.60. The van der Waals surface area contributed by atoms with Crippen LogP contribution in [0.5, 0.6) is 5.75 Å². The van der Waals surface area contributed by atoms with Gasteiger partial charge in [0.05, 0.1) is 12.3 Å². The quantitative estimate of drug-likeness (QED) is 0.705. The number of anilines is 1. The number of hydrogen-bond donors (Lipinski definition) is 3. The van der Waals surface area contributed by atoms with Crippen molar-refractivity contribution in [3.63, 3.8) is 0 Å². The van der Waals surface area contributed by atoms with Gasteiger partial charge in [0.1, 0.15) is 5.75 Å². The smallest absolute Gasteiger partial charge is 0.319 e. The number of rotatable bonds is 6. The number of aliphatic hydroxyl groups excluding tert-OH is 1. The van der Waals surface area contributed by atoms with Crippen molar-refractivity contribution >= 4 is 27.6 Å². The van der Waals surface area contributed by atoms with Crippen LogP contribution < -0.4 is 15.4 Å². The van der Waals surface area contributed by atoms with Gasteiger partial charge in [-0.2, -0.15) is 0 Å². The van der Waals surface area contributed by atoms with Crippen molar-refractivity contribution < 1.29 is 14.6 Å². The van der Waals surface area contributed by atoms with Gasteiger partial charge >= 0.3 is 6.03 Å². The Kier molecular flexibility index (Phi) is 6.53. The summed E-state index contributed by atoms with van der Waals surface area (Å²) in [6, 6.07) is 5.09. The van der Waals surface area contributed by atoms with Crippen LogP contribution in [0.3, 0.4) is 0 Å². The Labute approximate surface area is 115 Å². The zero-order valence-corrected chi connectivity index (χ0v) is 11.8. The highest BCUT2D eigenvalue weighted by molar-refractivity contribution is 9.10. The molecular formula is C12H17BrN2O3. The predicted molar refractivity (Wildman–Crippen MR) is 74.0 cm³/mol. The molecule has 0 spiro atoms. The second kappa shape index (κ2) is 7.94. The molecule has 6 heteroatoms. The summed E-state index contributed by atoms with van der Waals surface area (Å²) in [6.45, 7) is 2.90. The molecule has 0 saturated carbocycles. The minimum absolute atomic E-state index is 0.0569. The van der Waals surface area contributed by atoms with Gasteiger partial charge in [-0.1, -0.05) is 15.9 Å². The average Bonchev–Trinajstić information content (AvgIpc) is 2.33. The van der Waals surface area contributed by atoms with Crippen LogP contribution in [0.2, 0.25) is 0 Å². The topological polar surface area (TPSA) is 70.6 Å². The highest BCUT2D eigenvalue weighted by Crippen LogP contribution is 2.28. The molecule has 0 heterocycles. The third-order valence-electron chi connectivity index (χ3n) is 2.11. The van der Waals surface area contributed by atoms with Gasteiger partial charge in [0, 0.05) is 17.6 Å². The largest absolute Gasteiger partial charge is 0.492 e. The monoisotopic (exact) mass is 316 g/mol. The van der Waals surface area contributed by atoms with E-state index in [1.165, 1.54) is 0 Å². The normalized spacial score (nSPS) is 9.94. The number of carbonyl (C=O) groups excluding carboxylic acids is 1. The molecule has 0 aliphatic rings. The Morgan fingerprint density at radius 1 is 1.50 bits per heavy atom. The third kappa shape index (κ3) is 4.93. The van der Waals surface area contributed by atoms with Gasteiger partial charge in [-0.25, -0.2) is 4.79 Å². The first-order chi connectivity index (χ1) is 8.67. The summed E-state index contributed by atoms with van der Waals surface area (Å²) in [5, 5.41) is 14.0. The van der Waals surface area contributed by atoms with Gasteiger partial charge in [0.2, 0.25) is 0 Å². The predicted octanol–water partition coefficient (Wildman–Crippen LogP) is 2.35. The highest BCUT2D eigenvalue weighted by Gasteiger charge is 2.07. The number of benzene rings is 1. The molecule has 0 aromatic heterocycles. The molecule has 0 bridgehead atoms. The molecule has 0 radical (unpaired) electrons. The van der Waals surface area contributed by atoms with Gasteiger partial charge in [0.25, 0.3) is 0 Å². The number of nitrogens with one attached hydrogen (secondary N) is 2. The molecule has 0 aliphatic carbocycles. The van der Waals surface area contributed by atoms with E-state index in [-0.39, 0.29) is 12.6 Å². The van der Waals surface area contributed by atoms with Crippen LogP contribution >= 0.6 is 15.9 Å². The maximum absolute atomic E-state index is 11.6. The van der Waals surface area contributed by atoms with E-state index < -0.39 is 0 Å². The van der Waals surface area contributed by atoms with Crippen molar-refractivity contribution in [2.75, 3.05) is 25.1 Å². The van der Waals surface area contributed by atoms with Crippen LogP contribution in [0.15, 0.2) is 22.7 Å². The van der Waals surface area contributed by atoms with E-state index in [0.29, 0.717) is 31.0 Å². The summed E-state index contributed by atoms with van der Waals surface area (Å²) in [5.41, 5.74) is 0.604. The van der Waals surface area contributed by atoms with Gasteiger partial charge in [-0.3, -0.25) is 0 Å². The zero-order valence-electron chi connectivity index (χ0n) is 10.2. The number of hydrogen-bond acceptors (Lipinski definition) is 3. The van der Waals surface area contributed by atoms with Gasteiger partial charge in [-0.05, 0) is 31.5 Å². The van der Waals surface area contributed by atoms with Crippen molar-refractivity contribution in [1.29, 1.82) is 0 Å². The number of amides is 2. The Hall–Kier alpha value is -1.27. The Bertz CT molecular complexity index is 399. The summed E-state index contributed by atoms with van der Waals surface area (Å²) in [7, 11) is 0. The molecule has 0 unspecified atom stereocenters. The second-order valence-electron chi connectivity index (χ2n) is 3.53. The first kappa shape index (κ1) is 14.8. The molecule has 2 amide bonds. The second-order valence-corrected chi connectivity index (χ2v) is 4.45. The Balaban J connectivity index is 2.63. The molecule has 100 valence electrons. The fourth-order valence-electron chi connectivity index (χ4n) is 1.33. The van der Waals surface area contributed by atoms with E-state index in [9.17, 15) is 4.79 Å². The van der Waals surface area contributed by atoms with E-state index in [0.717, 1.165) is 4.47 Å². The first-order valence-electron chi connectivity index (χ1n) is 5.75. The van der Waals surface area contributed by atoms with Gasteiger partial charge in [0.15, 0.2) is 0 Å². The molecule has 1 rings (SSSR count). The molecule has 18 heavy (non-hydrogen) atoms. The lowest BCUT2D eigenvalue weighted by Gasteiger charge is -2.12. The lowest BCUT2D eigenvalue weighted by Crippen LogP contribution is -2.30. The fourth-order valence-corrected chi connectivity index (χ4v) is 1.69. The van der Waals surface area contributed by atoms with Crippen LogP contribution in [0, 0.1) is 0 Å². The number of carbonyl (C=O) groups is 1. The Morgan fingerprint density at radius 3 is 2.94 bits per heavy atom. The van der Waals surface area contributed by atoms with Crippen LogP contribution in [0.4, 0.5) is 10.5 Å². The minimum atomic E-state index is -0.317. The fraction of sp³-hybridized carbons (Fsp3) is 0.417. The van der Waals surface area contributed by atoms with E-state index >= 15 is 0 Å². The number of ether oxygens (including phenoxy) is 1. The summed E-state index contributed by atoms with van der Waals surface area (Å²) >= 11 is 3.34. The van der Waals surface area contributed by atoms with Crippen molar-refractivity contribution in [3.8, 4) is 5.75 Å². The summed E-state index contributed by atoms with van der Waals surface area (Å²) in [6.07, 6.45) is 0.532. The van der Waals surface area contributed by atoms with Crippen molar-refractivity contribution in [2.24, 2.45) is 0 Å². The lowest BCUT2D eigenvalue weighted by molar-refractivity contribution is 0.248. The molecule has 1 aromatic carbocycles. The molecule has 1 aromatic rings. The molecule has 3 N–H and O–H groups in total. The molecular weight excluding hydrogens is 300 g/mol. The van der Waals surface area contributed by atoms with E-state index in [2.05, 4.69) is 26.6 Å². The highest BCUT2D eigenvalue weighted by atomic mass is 79.9. The van der Waals surface area contributed by atoms with Gasteiger partial charge < -0.3 is 20.5 Å². The lowest BCUT2D eigenvalue weighted by atomic mass is 10.3. The standard InChI is InChI=1S/C12H17BrN2O3/c1-2-18-11-5-4-9(13)8-10(11)15-12(17)14-6-3-7-16/h4-5,8,16H,2-3,6-7H2,1H3,(H2,14,15,17). The molecule has 5 nitrogen and oxygen atoms in total. The molecule has 0 saturated heterocycles. The molecule has 0 atom stereocenters. The summed E-state index contributed by atoms with van der Waals surface area (Å²) < 4.78 is 6.27. The minimum Gasteiger partial charge on any atom is -0.492 e. The van der Waals surface area contributed by atoms with Crippen molar-refractivity contribution in [3.05, 3.63) is 22.7 Å². The number of aliphatic hydroxyl groups is 1. The molecule has 0 aliphatic heterocycles. The Morgan fingerprint density at radius 2 is 2.28 bits per heavy atom. The van der Waals surface area contributed by atoms with Crippen molar-refractivity contribution in [2.45, 2.75) is 13.3 Å². The zero-order chi connectivity index (χ0) is 13.4. The van der Waals surface area contributed by atoms with E-state index in [1.54, 1.807) is 12.1 Å². The molecule has 0 fully saturated rings. The van der Waals surface area contributed by atoms with Crippen LogP contribution in [-0.2, 0) is 0 Å². The summed E-state index contributed by atoms with van der Waals surface area (Å²) in [5.74, 6) is 0.623. The van der Waals surface area contributed by atoms with E-state index in [1.807, 2.05) is 13.0 Å².